The Morgan fingerprint density at radius 2 is 2.07 bits per heavy atom. The molecule has 5 heteroatoms. The second kappa shape index (κ2) is 6.38. The van der Waals surface area contributed by atoms with E-state index >= 15 is 0 Å². The van der Waals surface area contributed by atoms with Gasteiger partial charge >= 0.3 is 0 Å². The Balaban J connectivity index is 1.60. The number of carbonyl (C=O) groups is 1. The van der Waals surface area contributed by atoms with Crippen molar-refractivity contribution in [1.29, 1.82) is 0 Å². The van der Waals surface area contributed by atoms with Crippen LogP contribution >= 0.6 is 0 Å². The van der Waals surface area contributed by atoms with Gasteiger partial charge in [-0.15, -0.1) is 0 Å². The summed E-state index contributed by atoms with van der Waals surface area (Å²) in [6.45, 7) is 1.17. The average Bonchev–Trinajstić information content (AvgIpc) is 2.96. The molecule has 144 valence electrons. The standard InChI is InChI=1S/C23H23NO4/c1-27-18-8-7-16-14-24(22(26)15-5-3-2-4-6-15)12-11-23-10-9-17(25)13-19(23)28-21(18)20(16)23/h2-10,17,19,25H,11-14H2,1H3. The fourth-order valence-corrected chi connectivity index (χ4v) is 4.87. The Bertz CT molecular complexity index is 955. The van der Waals surface area contributed by atoms with E-state index in [4.69, 9.17) is 9.47 Å². The highest BCUT2D eigenvalue weighted by atomic mass is 16.5. The number of nitrogens with zero attached hydrogens (tertiary/aromatic N) is 1. The van der Waals surface area contributed by atoms with E-state index in [1.54, 1.807) is 7.11 Å². The molecule has 5 nitrogen and oxygen atoms in total. The first kappa shape index (κ1) is 17.3. The third kappa shape index (κ3) is 2.46. The molecule has 2 aliphatic heterocycles. The summed E-state index contributed by atoms with van der Waals surface area (Å²) in [5.74, 6) is 1.51. The lowest BCUT2D eigenvalue weighted by Gasteiger charge is -2.35. The van der Waals surface area contributed by atoms with E-state index in [9.17, 15) is 9.90 Å². The molecule has 3 unspecified atom stereocenters. The van der Waals surface area contributed by atoms with Gasteiger partial charge in [0.2, 0.25) is 0 Å². The minimum Gasteiger partial charge on any atom is -0.493 e. The van der Waals surface area contributed by atoms with Crippen molar-refractivity contribution >= 4 is 5.91 Å². The molecule has 28 heavy (non-hydrogen) atoms. The summed E-state index contributed by atoms with van der Waals surface area (Å²) in [4.78, 5) is 15.0. The van der Waals surface area contributed by atoms with Gasteiger partial charge in [-0.05, 0) is 30.2 Å². The first-order valence-electron chi connectivity index (χ1n) is 9.71. The molecule has 3 aliphatic rings. The third-order valence-electron chi connectivity index (χ3n) is 6.26. The second-order valence-corrected chi connectivity index (χ2v) is 7.78. The Morgan fingerprint density at radius 1 is 1.25 bits per heavy atom. The van der Waals surface area contributed by atoms with E-state index < -0.39 is 6.10 Å². The molecule has 3 atom stereocenters. The number of aliphatic hydroxyl groups is 1. The van der Waals surface area contributed by atoms with Crippen LogP contribution in [0.2, 0.25) is 0 Å². The van der Waals surface area contributed by atoms with Crippen molar-refractivity contribution in [2.45, 2.75) is 37.0 Å². The number of benzene rings is 2. The molecule has 0 saturated carbocycles. The van der Waals surface area contributed by atoms with Crippen LogP contribution in [0, 0.1) is 0 Å². The zero-order valence-electron chi connectivity index (χ0n) is 15.8. The van der Waals surface area contributed by atoms with Crippen LogP contribution in [0.4, 0.5) is 0 Å². The van der Waals surface area contributed by atoms with Gasteiger partial charge in [0, 0.05) is 30.6 Å². The lowest BCUT2D eigenvalue weighted by Crippen LogP contribution is -2.43. The van der Waals surface area contributed by atoms with E-state index in [0.29, 0.717) is 30.8 Å². The molecule has 0 saturated heterocycles. The summed E-state index contributed by atoms with van der Waals surface area (Å²) in [5, 5.41) is 10.2. The minimum atomic E-state index is -0.510. The highest BCUT2D eigenvalue weighted by Gasteiger charge is 2.53. The van der Waals surface area contributed by atoms with Gasteiger partial charge in [-0.1, -0.05) is 36.4 Å². The molecule has 0 aromatic heterocycles. The van der Waals surface area contributed by atoms with Crippen LogP contribution < -0.4 is 9.47 Å². The smallest absolute Gasteiger partial charge is 0.254 e. The Labute approximate surface area is 164 Å². The summed E-state index contributed by atoms with van der Waals surface area (Å²) in [6, 6.07) is 13.4. The number of hydrogen-bond donors (Lipinski definition) is 1. The van der Waals surface area contributed by atoms with Crippen LogP contribution in [0.3, 0.4) is 0 Å². The predicted octanol–water partition coefficient (Wildman–Crippen LogP) is 3.06. The maximum Gasteiger partial charge on any atom is 0.254 e. The van der Waals surface area contributed by atoms with Crippen molar-refractivity contribution in [2.75, 3.05) is 13.7 Å². The van der Waals surface area contributed by atoms with Crippen molar-refractivity contribution in [3.8, 4) is 11.5 Å². The van der Waals surface area contributed by atoms with Gasteiger partial charge in [0.1, 0.15) is 6.10 Å². The molecule has 0 radical (unpaired) electrons. The van der Waals surface area contributed by atoms with Crippen molar-refractivity contribution in [3.05, 3.63) is 71.3 Å². The maximum absolute atomic E-state index is 13.1. The van der Waals surface area contributed by atoms with Crippen LogP contribution in [0.1, 0.15) is 34.3 Å². The highest BCUT2D eigenvalue weighted by Crippen LogP contribution is 2.55. The van der Waals surface area contributed by atoms with Crippen LogP contribution in [0.25, 0.3) is 0 Å². The summed E-state index contributed by atoms with van der Waals surface area (Å²) < 4.78 is 11.9. The summed E-state index contributed by atoms with van der Waals surface area (Å²) in [6.07, 6.45) is 4.60. The van der Waals surface area contributed by atoms with Crippen molar-refractivity contribution in [2.24, 2.45) is 0 Å². The van der Waals surface area contributed by atoms with Crippen LogP contribution in [0.5, 0.6) is 11.5 Å². The molecule has 2 aromatic carbocycles. The molecule has 1 aliphatic carbocycles. The number of amides is 1. The van der Waals surface area contributed by atoms with E-state index in [1.165, 1.54) is 0 Å². The number of aliphatic hydroxyl groups excluding tert-OH is 1. The number of carbonyl (C=O) groups excluding carboxylic acids is 1. The molecular weight excluding hydrogens is 354 g/mol. The average molecular weight is 377 g/mol. The van der Waals surface area contributed by atoms with Crippen LogP contribution in [0.15, 0.2) is 54.6 Å². The normalized spacial score (nSPS) is 27.4. The van der Waals surface area contributed by atoms with Crippen molar-refractivity contribution in [3.63, 3.8) is 0 Å². The van der Waals surface area contributed by atoms with Crippen LogP contribution in [-0.4, -0.2) is 41.8 Å². The second-order valence-electron chi connectivity index (χ2n) is 7.78. The topological polar surface area (TPSA) is 59.0 Å². The molecule has 1 amide bonds. The maximum atomic E-state index is 13.1. The lowest BCUT2D eigenvalue weighted by molar-refractivity contribution is 0.0671. The van der Waals surface area contributed by atoms with Gasteiger partial charge in [0.05, 0.1) is 18.6 Å². The van der Waals surface area contributed by atoms with E-state index in [1.807, 2.05) is 53.4 Å². The first-order valence-corrected chi connectivity index (χ1v) is 9.71. The van der Waals surface area contributed by atoms with E-state index in [0.717, 1.165) is 23.3 Å². The molecule has 2 heterocycles. The number of methoxy groups -OCH3 is 1. The fourth-order valence-electron chi connectivity index (χ4n) is 4.87. The zero-order chi connectivity index (χ0) is 19.3. The van der Waals surface area contributed by atoms with Gasteiger partial charge in [-0.25, -0.2) is 0 Å². The zero-order valence-corrected chi connectivity index (χ0v) is 15.8. The first-order chi connectivity index (χ1) is 13.6. The van der Waals surface area contributed by atoms with Gasteiger partial charge < -0.3 is 19.5 Å². The molecule has 1 spiro atoms. The molecule has 0 bridgehead atoms. The molecule has 1 N–H and O–H groups in total. The quantitative estimate of drug-likeness (QED) is 0.818. The monoisotopic (exact) mass is 377 g/mol. The van der Waals surface area contributed by atoms with Gasteiger partial charge in [0.15, 0.2) is 11.5 Å². The Kier molecular flexibility index (Phi) is 3.95. The third-order valence-corrected chi connectivity index (χ3v) is 6.26. The summed E-state index contributed by atoms with van der Waals surface area (Å²) in [7, 11) is 1.64. The fraction of sp³-hybridized carbons (Fsp3) is 0.348. The largest absolute Gasteiger partial charge is 0.493 e. The SMILES string of the molecule is COc1ccc2c3c1OC1CC(O)C=CC31CCN(C(=O)c1ccccc1)C2. The van der Waals surface area contributed by atoms with Gasteiger partial charge in [-0.2, -0.15) is 0 Å². The number of hydrogen-bond acceptors (Lipinski definition) is 4. The lowest BCUT2D eigenvalue weighted by atomic mass is 9.69. The summed E-state index contributed by atoms with van der Waals surface area (Å²) in [5.41, 5.74) is 2.57. The van der Waals surface area contributed by atoms with Gasteiger partial charge in [-0.3, -0.25) is 4.79 Å². The number of ether oxygens (including phenoxy) is 2. The molecule has 2 aromatic rings. The summed E-state index contributed by atoms with van der Waals surface area (Å²) >= 11 is 0. The van der Waals surface area contributed by atoms with E-state index in [-0.39, 0.29) is 17.4 Å². The molecular formula is C23H23NO4. The van der Waals surface area contributed by atoms with E-state index in [2.05, 4.69) is 6.08 Å². The predicted molar refractivity (Wildman–Crippen MR) is 105 cm³/mol. The van der Waals surface area contributed by atoms with Gasteiger partial charge in [0.25, 0.3) is 5.91 Å². The Hall–Kier alpha value is -2.79. The van der Waals surface area contributed by atoms with Crippen LogP contribution in [-0.2, 0) is 12.0 Å². The highest BCUT2D eigenvalue weighted by molar-refractivity contribution is 5.94. The number of rotatable bonds is 2. The Morgan fingerprint density at radius 3 is 2.86 bits per heavy atom. The molecule has 0 fully saturated rings. The van der Waals surface area contributed by atoms with Crippen molar-refractivity contribution < 1.29 is 19.4 Å². The molecule has 5 rings (SSSR count). The minimum absolute atomic E-state index is 0.0406. The van der Waals surface area contributed by atoms with Crippen molar-refractivity contribution in [1.82, 2.24) is 4.90 Å².